The number of hydrogen-bond acceptors (Lipinski definition) is 0. The zero-order valence-corrected chi connectivity index (χ0v) is 4.49. The molecule has 1 atom stereocenters. The van der Waals surface area contributed by atoms with Crippen molar-refractivity contribution >= 4 is 0 Å². The molecule has 0 aromatic carbocycles. The molecule has 0 N–H and O–H groups in total. The van der Waals surface area contributed by atoms with Gasteiger partial charge < -0.3 is 6.08 Å². The Morgan fingerprint density at radius 1 is 1.83 bits per heavy atom. The molecule has 0 saturated heterocycles. The second kappa shape index (κ2) is 2.95. The first kappa shape index (κ1) is 5.74. The Bertz CT molecular complexity index is 37.3. The number of rotatable bonds is 2. The van der Waals surface area contributed by atoms with E-state index in [9.17, 15) is 0 Å². The van der Waals surface area contributed by atoms with Crippen LogP contribution in [0.1, 0.15) is 20.3 Å². The summed E-state index contributed by atoms with van der Waals surface area (Å²) in [5.41, 5.74) is 0. The summed E-state index contributed by atoms with van der Waals surface area (Å²) in [5.74, 6) is 0.574. The maximum Gasteiger partial charge on any atom is -0.0675 e. The monoisotopic (exact) mass is 83.1 g/mol. The highest BCUT2D eigenvalue weighted by atomic mass is 13.9. The second-order valence-electron chi connectivity index (χ2n) is 1.51. The molecular weight excluding hydrogens is 72.1 g/mol. The Morgan fingerprint density at radius 2 is 2.33 bits per heavy atom. The molecule has 0 fully saturated rings. The average molecular weight is 83.2 g/mol. The molecule has 0 saturated carbocycles. The molecule has 0 amide bonds. The van der Waals surface area contributed by atoms with Crippen molar-refractivity contribution < 1.29 is 0 Å². The van der Waals surface area contributed by atoms with Gasteiger partial charge in [0.05, 0.1) is 0 Å². The van der Waals surface area contributed by atoms with Crippen molar-refractivity contribution in [2.24, 2.45) is 5.92 Å². The van der Waals surface area contributed by atoms with Gasteiger partial charge in [-0.25, -0.2) is 0 Å². The number of hydrogen-bond donors (Lipinski definition) is 0. The van der Waals surface area contributed by atoms with Crippen molar-refractivity contribution in [2.75, 3.05) is 0 Å². The Labute approximate surface area is 39.9 Å². The van der Waals surface area contributed by atoms with Gasteiger partial charge in [0.2, 0.25) is 0 Å². The molecular formula is C6H11-. The lowest BCUT2D eigenvalue weighted by Gasteiger charge is -2.09. The van der Waals surface area contributed by atoms with E-state index in [0.717, 1.165) is 6.42 Å². The quantitative estimate of drug-likeness (QED) is 0.448. The minimum absolute atomic E-state index is 0.574. The normalized spacial score (nSPS) is 13.7. The first-order valence-corrected chi connectivity index (χ1v) is 2.33. The van der Waals surface area contributed by atoms with E-state index in [1.807, 2.05) is 0 Å². The molecule has 0 bridgehead atoms. The topological polar surface area (TPSA) is 0 Å². The first-order valence-electron chi connectivity index (χ1n) is 2.33. The van der Waals surface area contributed by atoms with Gasteiger partial charge in [-0.15, -0.1) is 0 Å². The van der Waals surface area contributed by atoms with Crippen molar-refractivity contribution in [2.45, 2.75) is 20.3 Å². The highest BCUT2D eigenvalue weighted by Crippen LogP contribution is 1.96. The summed E-state index contributed by atoms with van der Waals surface area (Å²) in [6, 6.07) is 0. The van der Waals surface area contributed by atoms with Crippen LogP contribution >= 0.6 is 0 Å². The lowest BCUT2D eigenvalue weighted by atomic mass is 10.1. The van der Waals surface area contributed by atoms with Gasteiger partial charge in [0.25, 0.3) is 0 Å². The molecule has 0 heteroatoms. The molecule has 0 spiro atoms. The molecule has 0 rings (SSSR count). The third kappa shape index (κ3) is 2.01. The van der Waals surface area contributed by atoms with Gasteiger partial charge in [0.1, 0.15) is 0 Å². The SMILES string of the molecule is C=[C-]C(C)CC. The Balaban J connectivity index is 2.96. The first-order chi connectivity index (χ1) is 2.81. The van der Waals surface area contributed by atoms with Crippen LogP contribution in [0.4, 0.5) is 0 Å². The fourth-order valence-electron chi connectivity index (χ4n) is 0.144. The molecule has 0 heterocycles. The maximum absolute atomic E-state index is 3.51. The van der Waals surface area contributed by atoms with E-state index in [-0.39, 0.29) is 0 Å². The van der Waals surface area contributed by atoms with E-state index in [1.165, 1.54) is 0 Å². The van der Waals surface area contributed by atoms with E-state index in [0.29, 0.717) is 5.92 Å². The van der Waals surface area contributed by atoms with E-state index >= 15 is 0 Å². The van der Waals surface area contributed by atoms with Crippen LogP contribution in [-0.2, 0) is 0 Å². The molecule has 1 unspecified atom stereocenters. The predicted molar refractivity (Wildman–Crippen MR) is 28.3 cm³/mol. The van der Waals surface area contributed by atoms with Crippen LogP contribution in [-0.4, -0.2) is 0 Å². The highest BCUT2D eigenvalue weighted by Gasteiger charge is 1.71. The van der Waals surface area contributed by atoms with Gasteiger partial charge >= 0.3 is 0 Å². The van der Waals surface area contributed by atoms with Crippen molar-refractivity contribution in [3.63, 3.8) is 0 Å². The van der Waals surface area contributed by atoms with Crippen LogP contribution in [0.25, 0.3) is 0 Å². The molecule has 0 aliphatic carbocycles. The van der Waals surface area contributed by atoms with E-state index in [2.05, 4.69) is 26.5 Å². The standard InChI is InChI=1S/C6H11/c1-4-6(3)5-2/h6H,1,5H2,2-3H3/q-1. The third-order valence-electron chi connectivity index (χ3n) is 0.961. The van der Waals surface area contributed by atoms with E-state index in [4.69, 9.17) is 0 Å². The zero-order chi connectivity index (χ0) is 4.99. The summed E-state index contributed by atoms with van der Waals surface area (Å²) >= 11 is 0. The Kier molecular flexibility index (Phi) is 2.82. The molecule has 0 aliphatic rings. The third-order valence-corrected chi connectivity index (χ3v) is 0.961. The predicted octanol–water partition coefficient (Wildman–Crippen LogP) is 2.02. The highest BCUT2D eigenvalue weighted by molar-refractivity contribution is 4.61. The van der Waals surface area contributed by atoms with Crippen LogP contribution in [0.15, 0.2) is 6.58 Å². The molecule has 0 radical (unpaired) electrons. The minimum Gasteiger partial charge on any atom is -0.501 e. The van der Waals surface area contributed by atoms with Crippen LogP contribution < -0.4 is 0 Å². The Morgan fingerprint density at radius 3 is 2.33 bits per heavy atom. The maximum atomic E-state index is 3.51. The minimum atomic E-state index is 0.574. The van der Waals surface area contributed by atoms with Gasteiger partial charge in [0.15, 0.2) is 0 Å². The van der Waals surface area contributed by atoms with E-state index in [1.54, 1.807) is 0 Å². The van der Waals surface area contributed by atoms with Crippen LogP contribution in [0, 0.1) is 12.0 Å². The van der Waals surface area contributed by atoms with Gasteiger partial charge in [-0.1, -0.05) is 20.3 Å². The lowest BCUT2D eigenvalue weighted by molar-refractivity contribution is 0.681. The largest absolute Gasteiger partial charge is 0.501 e. The van der Waals surface area contributed by atoms with Gasteiger partial charge in [-0.3, -0.25) is 6.58 Å². The summed E-state index contributed by atoms with van der Waals surface area (Å²) in [7, 11) is 0. The Hall–Kier alpha value is -0.260. The van der Waals surface area contributed by atoms with Crippen molar-refractivity contribution in [1.82, 2.24) is 0 Å². The smallest absolute Gasteiger partial charge is 0.0675 e. The molecule has 0 aliphatic heterocycles. The molecule has 0 aromatic heterocycles. The fraction of sp³-hybridized carbons (Fsp3) is 0.667. The van der Waals surface area contributed by atoms with Crippen LogP contribution in [0.2, 0.25) is 0 Å². The molecule has 36 valence electrons. The van der Waals surface area contributed by atoms with Crippen molar-refractivity contribution in [3.8, 4) is 0 Å². The molecule has 6 heavy (non-hydrogen) atoms. The molecule has 0 aromatic rings. The van der Waals surface area contributed by atoms with Gasteiger partial charge in [-0.05, 0) is 0 Å². The summed E-state index contributed by atoms with van der Waals surface area (Å²) in [6.07, 6.45) is 4.02. The number of allylic oxidation sites excluding steroid dienone is 1. The van der Waals surface area contributed by atoms with E-state index < -0.39 is 0 Å². The summed E-state index contributed by atoms with van der Waals surface area (Å²) < 4.78 is 0. The van der Waals surface area contributed by atoms with Gasteiger partial charge in [-0.2, -0.15) is 5.92 Å². The second-order valence-corrected chi connectivity index (χ2v) is 1.51. The fourth-order valence-corrected chi connectivity index (χ4v) is 0.144. The van der Waals surface area contributed by atoms with Crippen molar-refractivity contribution in [1.29, 1.82) is 0 Å². The molecule has 0 nitrogen and oxygen atoms in total. The van der Waals surface area contributed by atoms with Crippen LogP contribution in [0.3, 0.4) is 0 Å². The van der Waals surface area contributed by atoms with Crippen molar-refractivity contribution in [3.05, 3.63) is 12.7 Å². The summed E-state index contributed by atoms with van der Waals surface area (Å²) in [4.78, 5) is 0. The summed E-state index contributed by atoms with van der Waals surface area (Å²) in [5, 5.41) is 0. The lowest BCUT2D eigenvalue weighted by Crippen LogP contribution is -1.81. The average Bonchev–Trinajstić information content (AvgIpc) is 1.65. The van der Waals surface area contributed by atoms with Crippen LogP contribution in [0.5, 0.6) is 0 Å². The van der Waals surface area contributed by atoms with Gasteiger partial charge in [0, 0.05) is 0 Å². The zero-order valence-electron chi connectivity index (χ0n) is 4.49. The summed E-state index contributed by atoms with van der Waals surface area (Å²) in [6.45, 7) is 7.74.